The van der Waals surface area contributed by atoms with Gasteiger partial charge in [0.05, 0.1) is 17.9 Å². The van der Waals surface area contributed by atoms with Gasteiger partial charge < -0.3 is 16.0 Å². The normalized spacial score (nSPS) is 22.8. The molecule has 3 N–H and O–H groups in total. The minimum Gasteiger partial charge on any atom is -0.366 e. The molecule has 1 saturated heterocycles. The van der Waals surface area contributed by atoms with Crippen LogP contribution in [0.2, 0.25) is 0 Å². The Labute approximate surface area is 169 Å². The Bertz CT molecular complexity index is 982. The van der Waals surface area contributed by atoms with Crippen molar-refractivity contribution in [2.24, 2.45) is 0 Å². The van der Waals surface area contributed by atoms with Crippen LogP contribution in [0.5, 0.6) is 0 Å². The first kappa shape index (κ1) is 18.3. The standard InChI is InChI=1S/C21H26FN7/c22-15-11-23-12-17(15)27-19-8-4-7-16(26-19)18-13-24-21-10-9-20(28-29(18)21)25-14-5-2-1-3-6-14/h4,7-10,13-15,17,23H,1-3,5-6,11-12H2,(H,25,28)(H,26,27)/t15-,17-/m0/s1. The largest absolute Gasteiger partial charge is 0.366 e. The Hall–Kier alpha value is -2.74. The number of rotatable bonds is 5. The molecule has 7 nitrogen and oxygen atoms in total. The van der Waals surface area contributed by atoms with E-state index in [1.807, 2.05) is 34.8 Å². The van der Waals surface area contributed by atoms with E-state index in [9.17, 15) is 4.39 Å². The summed E-state index contributed by atoms with van der Waals surface area (Å²) in [5.74, 6) is 1.51. The molecular formula is C21H26FN7. The van der Waals surface area contributed by atoms with Gasteiger partial charge in [0, 0.05) is 19.1 Å². The summed E-state index contributed by atoms with van der Waals surface area (Å²) in [6.45, 7) is 0.978. The summed E-state index contributed by atoms with van der Waals surface area (Å²) in [7, 11) is 0. The monoisotopic (exact) mass is 395 g/mol. The van der Waals surface area contributed by atoms with Gasteiger partial charge in [0.15, 0.2) is 5.65 Å². The van der Waals surface area contributed by atoms with Crippen molar-refractivity contribution < 1.29 is 4.39 Å². The maximum Gasteiger partial charge on any atom is 0.154 e. The molecule has 0 bridgehead atoms. The van der Waals surface area contributed by atoms with Crippen molar-refractivity contribution in [3.05, 3.63) is 36.5 Å². The van der Waals surface area contributed by atoms with E-state index < -0.39 is 6.17 Å². The fourth-order valence-electron chi connectivity index (χ4n) is 4.22. The van der Waals surface area contributed by atoms with Crippen LogP contribution in [-0.2, 0) is 0 Å². The maximum atomic E-state index is 13.9. The van der Waals surface area contributed by atoms with Gasteiger partial charge in [-0.15, -0.1) is 5.10 Å². The molecule has 0 amide bonds. The number of fused-ring (bicyclic) bond motifs is 1. The topological polar surface area (TPSA) is 79.2 Å². The Balaban J connectivity index is 1.40. The highest BCUT2D eigenvalue weighted by molar-refractivity contribution is 5.62. The van der Waals surface area contributed by atoms with Crippen molar-refractivity contribution in [2.75, 3.05) is 23.7 Å². The van der Waals surface area contributed by atoms with Crippen LogP contribution in [0.3, 0.4) is 0 Å². The number of nitrogens with zero attached hydrogens (tertiary/aromatic N) is 4. The number of imidazole rings is 1. The van der Waals surface area contributed by atoms with Crippen LogP contribution in [0.4, 0.5) is 16.0 Å². The number of aromatic nitrogens is 4. The van der Waals surface area contributed by atoms with E-state index >= 15 is 0 Å². The SMILES string of the molecule is F[C@H]1CNC[C@@H]1Nc1cccc(-c2cnc3ccc(NC4CCCCC4)nn23)n1. The van der Waals surface area contributed by atoms with Gasteiger partial charge in [-0.05, 0) is 37.1 Å². The summed E-state index contributed by atoms with van der Waals surface area (Å²) in [6.07, 6.45) is 7.13. The predicted octanol–water partition coefficient (Wildman–Crippen LogP) is 3.26. The van der Waals surface area contributed by atoms with Crippen LogP contribution in [0.25, 0.3) is 17.0 Å². The third-order valence-electron chi connectivity index (χ3n) is 5.80. The number of anilines is 2. The lowest BCUT2D eigenvalue weighted by atomic mass is 9.95. The summed E-state index contributed by atoms with van der Waals surface area (Å²) >= 11 is 0. The van der Waals surface area contributed by atoms with E-state index in [0.29, 0.717) is 24.9 Å². The molecule has 8 heteroatoms. The molecule has 2 aliphatic rings. The van der Waals surface area contributed by atoms with Crippen molar-refractivity contribution >= 4 is 17.3 Å². The zero-order valence-electron chi connectivity index (χ0n) is 16.3. The van der Waals surface area contributed by atoms with Gasteiger partial charge in [-0.2, -0.15) is 0 Å². The van der Waals surface area contributed by atoms with Crippen molar-refractivity contribution in [3.63, 3.8) is 0 Å². The predicted molar refractivity (Wildman–Crippen MR) is 112 cm³/mol. The van der Waals surface area contributed by atoms with Gasteiger partial charge >= 0.3 is 0 Å². The first-order chi connectivity index (χ1) is 14.3. The van der Waals surface area contributed by atoms with Crippen LogP contribution < -0.4 is 16.0 Å². The van der Waals surface area contributed by atoms with Crippen molar-refractivity contribution in [1.82, 2.24) is 24.9 Å². The molecule has 0 aromatic carbocycles. The van der Waals surface area contributed by atoms with Crippen LogP contribution in [-0.4, -0.2) is 50.9 Å². The van der Waals surface area contributed by atoms with Gasteiger partial charge in [-0.1, -0.05) is 25.3 Å². The van der Waals surface area contributed by atoms with Gasteiger partial charge in [0.2, 0.25) is 0 Å². The van der Waals surface area contributed by atoms with Crippen molar-refractivity contribution in [1.29, 1.82) is 0 Å². The van der Waals surface area contributed by atoms with Gasteiger partial charge in [-0.25, -0.2) is 18.9 Å². The molecule has 29 heavy (non-hydrogen) atoms. The molecular weight excluding hydrogens is 369 g/mol. The molecule has 0 spiro atoms. The zero-order valence-corrected chi connectivity index (χ0v) is 16.3. The number of hydrogen-bond donors (Lipinski definition) is 3. The third-order valence-corrected chi connectivity index (χ3v) is 5.80. The number of nitrogens with one attached hydrogen (secondary N) is 3. The fourth-order valence-corrected chi connectivity index (χ4v) is 4.22. The zero-order chi connectivity index (χ0) is 19.6. The molecule has 1 saturated carbocycles. The van der Waals surface area contributed by atoms with E-state index in [2.05, 4.69) is 25.9 Å². The molecule has 3 aromatic heterocycles. The van der Waals surface area contributed by atoms with Gasteiger partial charge in [0.25, 0.3) is 0 Å². The van der Waals surface area contributed by atoms with E-state index in [-0.39, 0.29) is 6.04 Å². The summed E-state index contributed by atoms with van der Waals surface area (Å²) in [6, 6.07) is 9.90. The summed E-state index contributed by atoms with van der Waals surface area (Å²) in [5.41, 5.74) is 2.35. The van der Waals surface area contributed by atoms with E-state index in [1.165, 1.54) is 32.1 Å². The molecule has 3 aromatic rings. The van der Waals surface area contributed by atoms with E-state index in [1.54, 1.807) is 6.20 Å². The molecule has 0 radical (unpaired) electrons. The van der Waals surface area contributed by atoms with Crippen LogP contribution in [0.15, 0.2) is 36.5 Å². The smallest absolute Gasteiger partial charge is 0.154 e. The molecule has 2 atom stereocenters. The number of halogens is 1. The Kier molecular flexibility index (Phi) is 5.01. The summed E-state index contributed by atoms with van der Waals surface area (Å²) < 4.78 is 15.7. The van der Waals surface area contributed by atoms with Gasteiger partial charge in [0.1, 0.15) is 23.5 Å². The van der Waals surface area contributed by atoms with Crippen LogP contribution in [0, 0.1) is 0 Å². The molecule has 5 rings (SSSR count). The Morgan fingerprint density at radius 3 is 2.72 bits per heavy atom. The fraction of sp³-hybridized carbons (Fsp3) is 0.476. The average Bonchev–Trinajstić information content (AvgIpc) is 3.35. The van der Waals surface area contributed by atoms with Gasteiger partial charge in [-0.3, -0.25) is 0 Å². The first-order valence-corrected chi connectivity index (χ1v) is 10.5. The molecule has 4 heterocycles. The highest BCUT2D eigenvalue weighted by atomic mass is 19.1. The van der Waals surface area contributed by atoms with E-state index in [0.717, 1.165) is 22.9 Å². The van der Waals surface area contributed by atoms with E-state index in [4.69, 9.17) is 5.10 Å². The molecule has 0 unspecified atom stereocenters. The first-order valence-electron chi connectivity index (χ1n) is 10.5. The second-order valence-electron chi connectivity index (χ2n) is 7.94. The minimum absolute atomic E-state index is 0.260. The summed E-state index contributed by atoms with van der Waals surface area (Å²) in [4.78, 5) is 9.15. The Morgan fingerprint density at radius 1 is 1.00 bits per heavy atom. The maximum absolute atomic E-state index is 13.9. The quantitative estimate of drug-likeness (QED) is 0.615. The number of hydrogen-bond acceptors (Lipinski definition) is 6. The second kappa shape index (κ2) is 7.94. The molecule has 152 valence electrons. The van der Waals surface area contributed by atoms with Crippen LogP contribution in [0.1, 0.15) is 32.1 Å². The minimum atomic E-state index is -0.911. The lowest BCUT2D eigenvalue weighted by molar-refractivity contribution is 0.342. The van der Waals surface area contributed by atoms with Crippen LogP contribution >= 0.6 is 0 Å². The second-order valence-corrected chi connectivity index (χ2v) is 7.94. The summed E-state index contributed by atoms with van der Waals surface area (Å²) in [5, 5.41) is 14.6. The number of alkyl halides is 1. The lowest BCUT2D eigenvalue weighted by Crippen LogP contribution is -2.29. The molecule has 1 aliphatic carbocycles. The third kappa shape index (κ3) is 3.89. The number of pyridine rings is 1. The molecule has 1 aliphatic heterocycles. The Morgan fingerprint density at radius 2 is 1.90 bits per heavy atom. The highest BCUT2D eigenvalue weighted by Gasteiger charge is 2.26. The lowest BCUT2D eigenvalue weighted by Gasteiger charge is -2.23. The average molecular weight is 395 g/mol. The molecule has 2 fully saturated rings. The van der Waals surface area contributed by atoms with Crippen molar-refractivity contribution in [2.45, 2.75) is 50.4 Å². The highest BCUT2D eigenvalue weighted by Crippen LogP contribution is 2.24. The van der Waals surface area contributed by atoms with Crippen molar-refractivity contribution in [3.8, 4) is 11.4 Å².